The van der Waals surface area contributed by atoms with Crippen molar-refractivity contribution < 1.29 is 14.5 Å². The molecular formula is C15H12ClNO4. The number of halogens is 1. The fourth-order valence-corrected chi connectivity index (χ4v) is 2.10. The van der Waals surface area contributed by atoms with Crippen molar-refractivity contribution >= 4 is 23.6 Å². The Bertz CT molecular complexity index is 728. The second-order valence-corrected chi connectivity index (χ2v) is 5.00. The van der Waals surface area contributed by atoms with E-state index in [1.54, 1.807) is 26.0 Å². The summed E-state index contributed by atoms with van der Waals surface area (Å²) in [4.78, 5) is 21.5. The molecule has 0 unspecified atom stereocenters. The lowest BCUT2D eigenvalue weighted by atomic mass is 10.1. The Hall–Kier alpha value is -2.40. The second-order valence-electron chi connectivity index (χ2n) is 4.56. The summed E-state index contributed by atoms with van der Waals surface area (Å²) in [5.41, 5.74) is 1.56. The predicted octanol–water partition coefficient (Wildman–Crippen LogP) is 4.47. The van der Waals surface area contributed by atoms with Crippen molar-refractivity contribution in [2.75, 3.05) is 0 Å². The molecule has 108 valence electrons. The van der Waals surface area contributed by atoms with E-state index in [2.05, 4.69) is 0 Å². The number of nitro groups is 1. The summed E-state index contributed by atoms with van der Waals surface area (Å²) in [5.74, 6) is 0.580. The lowest BCUT2D eigenvalue weighted by molar-refractivity contribution is -0.385. The van der Waals surface area contributed by atoms with Gasteiger partial charge in [-0.05, 0) is 37.6 Å². The highest BCUT2D eigenvalue weighted by molar-refractivity contribution is 6.30. The predicted molar refractivity (Wildman–Crippen MR) is 79.5 cm³/mol. The van der Waals surface area contributed by atoms with E-state index in [9.17, 15) is 14.9 Å². The van der Waals surface area contributed by atoms with Crippen molar-refractivity contribution in [3.63, 3.8) is 0 Å². The molecule has 0 amide bonds. The number of hydrogen-bond donors (Lipinski definition) is 0. The van der Waals surface area contributed by atoms with Crippen molar-refractivity contribution in [2.24, 2.45) is 0 Å². The van der Waals surface area contributed by atoms with Gasteiger partial charge in [-0.3, -0.25) is 14.9 Å². The van der Waals surface area contributed by atoms with Gasteiger partial charge in [-0.25, -0.2) is 0 Å². The molecule has 0 radical (unpaired) electrons. The van der Waals surface area contributed by atoms with Crippen LogP contribution in [0.25, 0.3) is 0 Å². The van der Waals surface area contributed by atoms with Crippen LogP contribution in [0.4, 0.5) is 5.69 Å². The maximum atomic E-state index is 11.0. The van der Waals surface area contributed by atoms with Gasteiger partial charge >= 0.3 is 0 Å². The molecule has 0 aliphatic heterocycles. The summed E-state index contributed by atoms with van der Waals surface area (Å²) in [5, 5.41) is 11.4. The zero-order chi connectivity index (χ0) is 15.6. The van der Waals surface area contributed by atoms with Crippen LogP contribution in [0.2, 0.25) is 5.02 Å². The molecule has 0 aromatic heterocycles. The molecular weight excluding hydrogens is 294 g/mol. The number of nitrogens with zero attached hydrogens (tertiary/aromatic N) is 1. The first kappa shape index (κ1) is 15.0. The highest BCUT2D eigenvalue weighted by Crippen LogP contribution is 2.33. The summed E-state index contributed by atoms with van der Waals surface area (Å²) < 4.78 is 5.64. The first-order chi connectivity index (χ1) is 9.92. The average molecular weight is 306 g/mol. The largest absolute Gasteiger partial charge is 0.456 e. The number of hydrogen-bond acceptors (Lipinski definition) is 4. The van der Waals surface area contributed by atoms with E-state index in [-0.39, 0.29) is 11.4 Å². The first-order valence-corrected chi connectivity index (χ1v) is 6.48. The summed E-state index contributed by atoms with van der Waals surface area (Å²) >= 11 is 5.88. The third-order valence-electron chi connectivity index (χ3n) is 3.01. The number of carbonyl (C=O) groups excluding carboxylic acids is 1. The highest BCUT2D eigenvalue weighted by atomic mass is 35.5. The van der Waals surface area contributed by atoms with Gasteiger partial charge in [0.15, 0.2) is 6.29 Å². The van der Waals surface area contributed by atoms with Crippen LogP contribution < -0.4 is 4.74 Å². The molecule has 5 nitrogen and oxygen atoms in total. The first-order valence-electron chi connectivity index (χ1n) is 6.10. The lowest BCUT2D eigenvalue weighted by Crippen LogP contribution is -1.97. The molecule has 2 aromatic rings. The van der Waals surface area contributed by atoms with Gasteiger partial charge < -0.3 is 4.74 Å². The normalized spacial score (nSPS) is 10.2. The van der Waals surface area contributed by atoms with Crippen LogP contribution in [-0.2, 0) is 0 Å². The highest BCUT2D eigenvalue weighted by Gasteiger charge is 2.16. The molecule has 0 aliphatic rings. The van der Waals surface area contributed by atoms with Crippen LogP contribution in [-0.4, -0.2) is 11.2 Å². The van der Waals surface area contributed by atoms with Gasteiger partial charge in [0.1, 0.15) is 11.5 Å². The number of nitro benzene ring substituents is 1. The van der Waals surface area contributed by atoms with E-state index < -0.39 is 4.92 Å². The van der Waals surface area contributed by atoms with Gasteiger partial charge in [0.05, 0.1) is 16.6 Å². The quantitative estimate of drug-likeness (QED) is 0.475. The smallest absolute Gasteiger partial charge is 0.276 e. The molecule has 0 fully saturated rings. The van der Waals surface area contributed by atoms with Crippen LogP contribution in [0.3, 0.4) is 0 Å². The number of ether oxygens (including phenoxy) is 1. The molecule has 2 aromatic carbocycles. The average Bonchev–Trinajstić information content (AvgIpc) is 2.41. The molecule has 0 atom stereocenters. The maximum Gasteiger partial charge on any atom is 0.276 e. The monoisotopic (exact) mass is 305 g/mol. The Labute approximate surface area is 126 Å². The minimum atomic E-state index is -0.472. The van der Waals surface area contributed by atoms with E-state index >= 15 is 0 Å². The minimum Gasteiger partial charge on any atom is -0.456 e. The fourth-order valence-electron chi connectivity index (χ4n) is 1.94. The Kier molecular flexibility index (Phi) is 4.23. The Balaban J connectivity index is 2.49. The zero-order valence-electron chi connectivity index (χ0n) is 11.4. The van der Waals surface area contributed by atoms with Crippen molar-refractivity contribution in [3.8, 4) is 11.5 Å². The van der Waals surface area contributed by atoms with Crippen LogP contribution in [0.1, 0.15) is 21.5 Å². The molecule has 0 spiro atoms. The number of aryl methyl sites for hydroxylation is 2. The van der Waals surface area contributed by atoms with E-state index in [4.69, 9.17) is 16.3 Å². The number of aldehydes is 1. The van der Waals surface area contributed by atoms with Gasteiger partial charge in [0.25, 0.3) is 5.69 Å². The molecule has 0 saturated carbocycles. The molecule has 0 bridgehead atoms. The van der Waals surface area contributed by atoms with Crippen molar-refractivity contribution in [3.05, 3.63) is 62.2 Å². The van der Waals surface area contributed by atoms with Gasteiger partial charge in [-0.15, -0.1) is 0 Å². The number of benzene rings is 2. The number of rotatable bonds is 4. The van der Waals surface area contributed by atoms with Gasteiger partial charge in [0, 0.05) is 16.7 Å². The van der Waals surface area contributed by atoms with Gasteiger partial charge in [-0.2, -0.15) is 0 Å². The molecule has 0 aliphatic carbocycles. The molecule has 2 rings (SSSR count). The second kappa shape index (κ2) is 5.93. The molecule has 6 heteroatoms. The Morgan fingerprint density at radius 3 is 2.48 bits per heavy atom. The minimum absolute atomic E-state index is 0.0368. The van der Waals surface area contributed by atoms with E-state index in [0.717, 1.165) is 5.56 Å². The summed E-state index contributed by atoms with van der Waals surface area (Å²) in [6.45, 7) is 3.43. The molecule has 21 heavy (non-hydrogen) atoms. The van der Waals surface area contributed by atoms with Crippen LogP contribution in [0.15, 0.2) is 30.3 Å². The summed E-state index contributed by atoms with van der Waals surface area (Å²) in [6.07, 6.45) is 0.642. The summed E-state index contributed by atoms with van der Waals surface area (Å²) in [6, 6.07) is 7.61. The van der Waals surface area contributed by atoms with Crippen LogP contribution in [0.5, 0.6) is 11.5 Å². The van der Waals surface area contributed by atoms with E-state index in [1.165, 1.54) is 18.2 Å². The van der Waals surface area contributed by atoms with Crippen molar-refractivity contribution in [1.82, 2.24) is 0 Å². The van der Waals surface area contributed by atoms with E-state index in [1.807, 2.05) is 0 Å². The molecule has 0 N–H and O–H groups in total. The van der Waals surface area contributed by atoms with E-state index in [0.29, 0.717) is 28.2 Å². The summed E-state index contributed by atoms with van der Waals surface area (Å²) in [7, 11) is 0. The SMILES string of the molecule is Cc1cc(C)c([N+](=O)[O-])cc1Oc1cc(Cl)ccc1C=O. The topological polar surface area (TPSA) is 69.4 Å². The maximum absolute atomic E-state index is 11.0. The molecule has 0 heterocycles. The third-order valence-corrected chi connectivity index (χ3v) is 3.25. The van der Waals surface area contributed by atoms with Crippen molar-refractivity contribution in [1.29, 1.82) is 0 Å². The van der Waals surface area contributed by atoms with Crippen LogP contribution >= 0.6 is 11.6 Å². The number of carbonyl (C=O) groups is 1. The Morgan fingerprint density at radius 1 is 1.14 bits per heavy atom. The molecule has 0 saturated heterocycles. The fraction of sp³-hybridized carbons (Fsp3) is 0.133. The standard InChI is InChI=1S/C15H12ClNO4/c1-9-5-10(2)14(7-13(9)17(19)20)21-15-6-12(16)4-3-11(15)8-18/h3-8H,1-2H3. The van der Waals surface area contributed by atoms with Gasteiger partial charge in [0.2, 0.25) is 0 Å². The van der Waals surface area contributed by atoms with Crippen LogP contribution in [0, 0.1) is 24.0 Å². The lowest BCUT2D eigenvalue weighted by Gasteiger charge is -2.11. The zero-order valence-corrected chi connectivity index (χ0v) is 12.2. The van der Waals surface area contributed by atoms with Gasteiger partial charge in [-0.1, -0.05) is 11.6 Å². The third kappa shape index (κ3) is 3.20. The van der Waals surface area contributed by atoms with Crippen molar-refractivity contribution in [2.45, 2.75) is 13.8 Å². The Morgan fingerprint density at radius 2 is 1.86 bits per heavy atom.